The van der Waals surface area contributed by atoms with Crippen LogP contribution in [-0.2, 0) is 14.3 Å². The molecule has 0 bridgehead atoms. The van der Waals surface area contributed by atoms with Crippen LogP contribution < -0.4 is 0 Å². The van der Waals surface area contributed by atoms with Crippen LogP contribution in [0.4, 0.5) is 0 Å². The van der Waals surface area contributed by atoms with Crippen molar-refractivity contribution in [3.05, 3.63) is 12.7 Å². The summed E-state index contributed by atoms with van der Waals surface area (Å²) < 4.78 is 5.36. The van der Waals surface area contributed by atoms with E-state index in [1.165, 1.54) is 0 Å². The van der Waals surface area contributed by atoms with Gasteiger partial charge in [0, 0.05) is 18.9 Å². The Morgan fingerprint density at radius 1 is 1.61 bits per heavy atom. The van der Waals surface area contributed by atoms with Crippen molar-refractivity contribution in [1.82, 2.24) is 4.90 Å². The molecule has 0 saturated carbocycles. The van der Waals surface area contributed by atoms with E-state index in [0.29, 0.717) is 19.4 Å². The summed E-state index contributed by atoms with van der Waals surface area (Å²) >= 11 is 0. The number of carbonyl (C=O) groups excluding carboxylic acids is 2. The first kappa shape index (κ1) is 14.7. The average molecular weight is 253 g/mol. The van der Waals surface area contributed by atoms with E-state index in [1.807, 2.05) is 27.7 Å². The smallest absolute Gasteiger partial charge is 0.329 e. The van der Waals surface area contributed by atoms with Crippen LogP contribution in [0.2, 0.25) is 0 Å². The predicted molar refractivity (Wildman–Crippen MR) is 69.9 cm³/mol. The quantitative estimate of drug-likeness (QED) is 0.569. The second kappa shape index (κ2) is 5.55. The van der Waals surface area contributed by atoms with Gasteiger partial charge in [-0.1, -0.05) is 13.0 Å². The number of hydrogen-bond acceptors (Lipinski definition) is 3. The van der Waals surface area contributed by atoms with E-state index in [2.05, 4.69) is 6.58 Å². The third-order valence-corrected chi connectivity index (χ3v) is 2.96. The molecule has 1 fully saturated rings. The van der Waals surface area contributed by atoms with Gasteiger partial charge in [0.2, 0.25) is 5.91 Å². The van der Waals surface area contributed by atoms with Crippen LogP contribution in [-0.4, -0.2) is 35.0 Å². The van der Waals surface area contributed by atoms with Crippen molar-refractivity contribution < 1.29 is 14.3 Å². The standard InChI is InChI=1S/C14H23NO3/c1-6-10-8-12(16)15(9-10)11(7-2)13(17)18-14(3,4)5/h6,10-11H,1,7-9H2,2-5H3/t10?,11-/m1/s1. The zero-order valence-electron chi connectivity index (χ0n) is 11.7. The molecule has 0 aromatic carbocycles. The molecule has 18 heavy (non-hydrogen) atoms. The fourth-order valence-electron chi connectivity index (χ4n) is 2.10. The Balaban J connectivity index is 2.75. The van der Waals surface area contributed by atoms with E-state index in [9.17, 15) is 9.59 Å². The van der Waals surface area contributed by atoms with Gasteiger partial charge >= 0.3 is 5.97 Å². The fraction of sp³-hybridized carbons (Fsp3) is 0.714. The van der Waals surface area contributed by atoms with Gasteiger partial charge in [0.05, 0.1) is 0 Å². The first-order chi connectivity index (χ1) is 8.28. The SMILES string of the molecule is C=CC1CC(=O)N([C@H](CC)C(=O)OC(C)(C)C)C1. The summed E-state index contributed by atoms with van der Waals surface area (Å²) in [5.41, 5.74) is -0.523. The summed E-state index contributed by atoms with van der Waals surface area (Å²) in [6, 6.07) is -0.471. The van der Waals surface area contributed by atoms with E-state index in [1.54, 1.807) is 11.0 Å². The lowest BCUT2D eigenvalue weighted by molar-refractivity contribution is -0.163. The molecule has 0 aliphatic carbocycles. The van der Waals surface area contributed by atoms with Gasteiger partial charge in [0.1, 0.15) is 11.6 Å². The Kier molecular flexibility index (Phi) is 4.54. The van der Waals surface area contributed by atoms with Gasteiger partial charge in [-0.2, -0.15) is 0 Å². The van der Waals surface area contributed by atoms with Crippen LogP contribution in [0.3, 0.4) is 0 Å². The minimum absolute atomic E-state index is 0.0117. The number of likely N-dealkylation sites (tertiary alicyclic amines) is 1. The highest BCUT2D eigenvalue weighted by Gasteiger charge is 2.37. The maximum Gasteiger partial charge on any atom is 0.329 e. The molecule has 4 heteroatoms. The number of ether oxygens (including phenoxy) is 1. The lowest BCUT2D eigenvalue weighted by Gasteiger charge is -2.29. The maximum atomic E-state index is 12.1. The second-order valence-electron chi connectivity index (χ2n) is 5.70. The topological polar surface area (TPSA) is 46.6 Å². The van der Waals surface area contributed by atoms with Gasteiger partial charge in [-0.25, -0.2) is 4.79 Å². The van der Waals surface area contributed by atoms with Crippen LogP contribution in [0.25, 0.3) is 0 Å². The van der Waals surface area contributed by atoms with Gasteiger partial charge in [-0.15, -0.1) is 6.58 Å². The van der Waals surface area contributed by atoms with E-state index in [0.717, 1.165) is 0 Å². The third kappa shape index (κ3) is 3.59. The van der Waals surface area contributed by atoms with E-state index in [4.69, 9.17) is 4.74 Å². The molecule has 2 atom stereocenters. The van der Waals surface area contributed by atoms with Gasteiger partial charge in [-0.05, 0) is 27.2 Å². The predicted octanol–water partition coefficient (Wildman–Crippen LogP) is 2.14. The zero-order valence-corrected chi connectivity index (χ0v) is 11.7. The Hall–Kier alpha value is -1.32. The highest BCUT2D eigenvalue weighted by Crippen LogP contribution is 2.23. The van der Waals surface area contributed by atoms with Crippen LogP contribution in [0.5, 0.6) is 0 Å². The van der Waals surface area contributed by atoms with E-state index >= 15 is 0 Å². The number of carbonyl (C=O) groups is 2. The lowest BCUT2D eigenvalue weighted by atomic mass is 10.1. The van der Waals surface area contributed by atoms with E-state index < -0.39 is 11.6 Å². The van der Waals surface area contributed by atoms with Crippen molar-refractivity contribution in [2.45, 2.75) is 52.2 Å². The van der Waals surface area contributed by atoms with Crippen molar-refractivity contribution in [2.75, 3.05) is 6.54 Å². The van der Waals surface area contributed by atoms with Crippen LogP contribution in [0.15, 0.2) is 12.7 Å². The molecule has 1 saturated heterocycles. The molecule has 0 aromatic heterocycles. The normalized spacial score (nSPS) is 21.9. The first-order valence-corrected chi connectivity index (χ1v) is 6.43. The summed E-state index contributed by atoms with van der Waals surface area (Å²) in [7, 11) is 0. The zero-order chi connectivity index (χ0) is 13.9. The van der Waals surface area contributed by atoms with Crippen molar-refractivity contribution in [3.8, 4) is 0 Å². The number of hydrogen-bond donors (Lipinski definition) is 0. The molecule has 1 unspecified atom stereocenters. The molecule has 102 valence electrons. The van der Waals surface area contributed by atoms with Crippen molar-refractivity contribution in [1.29, 1.82) is 0 Å². The molecular formula is C14H23NO3. The molecule has 0 N–H and O–H groups in total. The summed E-state index contributed by atoms with van der Waals surface area (Å²) in [6.45, 7) is 11.7. The minimum atomic E-state index is -0.523. The van der Waals surface area contributed by atoms with Crippen LogP contribution in [0.1, 0.15) is 40.5 Å². The Morgan fingerprint density at radius 2 is 2.22 bits per heavy atom. The molecule has 0 spiro atoms. The van der Waals surface area contributed by atoms with Gasteiger partial charge in [0.15, 0.2) is 0 Å². The molecule has 1 aliphatic rings. The molecule has 1 heterocycles. The Bertz CT molecular complexity index is 343. The van der Waals surface area contributed by atoms with Crippen molar-refractivity contribution in [2.24, 2.45) is 5.92 Å². The number of nitrogens with zero attached hydrogens (tertiary/aromatic N) is 1. The van der Waals surface area contributed by atoms with Gasteiger partial charge in [-0.3, -0.25) is 4.79 Å². The number of esters is 1. The van der Waals surface area contributed by atoms with Crippen molar-refractivity contribution >= 4 is 11.9 Å². The maximum absolute atomic E-state index is 12.1. The monoisotopic (exact) mass is 253 g/mol. The summed E-state index contributed by atoms with van der Waals surface area (Å²) in [4.78, 5) is 25.6. The van der Waals surface area contributed by atoms with Gasteiger partial charge < -0.3 is 9.64 Å². The minimum Gasteiger partial charge on any atom is -0.458 e. The van der Waals surface area contributed by atoms with Crippen LogP contribution >= 0.6 is 0 Å². The van der Waals surface area contributed by atoms with Gasteiger partial charge in [0.25, 0.3) is 0 Å². The highest BCUT2D eigenvalue weighted by molar-refractivity contribution is 5.86. The fourth-order valence-corrected chi connectivity index (χ4v) is 2.10. The largest absolute Gasteiger partial charge is 0.458 e. The summed E-state index contributed by atoms with van der Waals surface area (Å²) in [6.07, 6.45) is 2.80. The first-order valence-electron chi connectivity index (χ1n) is 6.43. The summed E-state index contributed by atoms with van der Waals surface area (Å²) in [5.74, 6) is -0.158. The van der Waals surface area contributed by atoms with E-state index in [-0.39, 0.29) is 17.8 Å². The average Bonchev–Trinajstić information content (AvgIpc) is 2.59. The molecule has 1 aliphatic heterocycles. The molecule has 1 rings (SSSR count). The molecular weight excluding hydrogens is 230 g/mol. The number of amides is 1. The van der Waals surface area contributed by atoms with Crippen molar-refractivity contribution in [3.63, 3.8) is 0 Å². The third-order valence-electron chi connectivity index (χ3n) is 2.96. The van der Waals surface area contributed by atoms with Crippen LogP contribution in [0, 0.1) is 5.92 Å². The number of rotatable bonds is 4. The molecule has 0 aromatic rings. The summed E-state index contributed by atoms with van der Waals surface area (Å²) in [5, 5.41) is 0. The molecule has 1 amide bonds. The lowest BCUT2D eigenvalue weighted by Crippen LogP contribution is -2.44. The highest BCUT2D eigenvalue weighted by atomic mass is 16.6. The molecule has 0 radical (unpaired) electrons. The Labute approximate surface area is 109 Å². The Morgan fingerprint density at radius 3 is 2.61 bits per heavy atom. The molecule has 4 nitrogen and oxygen atoms in total. The second-order valence-corrected chi connectivity index (χ2v) is 5.70.